The van der Waals surface area contributed by atoms with E-state index in [2.05, 4.69) is 11.9 Å². The molecule has 0 saturated heterocycles. The van der Waals surface area contributed by atoms with E-state index in [0.717, 1.165) is 12.1 Å². The number of pyridine rings is 1. The standard InChI is InChI=1S/C9H14N2/c1-7-8(2)11-6-4-9(7)3-5-10/h4,6H,3,5,10H2,1-2H3. The molecular formula is C9H14N2. The van der Waals surface area contributed by atoms with Crippen LogP contribution < -0.4 is 5.73 Å². The topological polar surface area (TPSA) is 38.9 Å². The number of hydrogen-bond donors (Lipinski definition) is 1. The largest absolute Gasteiger partial charge is 0.330 e. The summed E-state index contributed by atoms with van der Waals surface area (Å²) in [5.74, 6) is 0. The molecule has 0 aromatic carbocycles. The molecule has 1 rings (SSSR count). The highest BCUT2D eigenvalue weighted by molar-refractivity contribution is 5.27. The smallest absolute Gasteiger partial charge is 0.0404 e. The normalized spacial score (nSPS) is 10.1. The van der Waals surface area contributed by atoms with E-state index in [0.29, 0.717) is 6.54 Å². The first kappa shape index (κ1) is 8.21. The lowest BCUT2D eigenvalue weighted by atomic mass is 10.1. The Bertz CT molecular complexity index is 243. The molecule has 0 atom stereocenters. The minimum atomic E-state index is 0.713. The summed E-state index contributed by atoms with van der Waals surface area (Å²) < 4.78 is 0. The average molecular weight is 150 g/mol. The molecule has 2 N–H and O–H groups in total. The van der Waals surface area contributed by atoms with Crippen LogP contribution >= 0.6 is 0 Å². The summed E-state index contributed by atoms with van der Waals surface area (Å²) in [4.78, 5) is 4.18. The molecule has 60 valence electrons. The van der Waals surface area contributed by atoms with Crippen LogP contribution in [0.15, 0.2) is 12.3 Å². The molecule has 2 nitrogen and oxygen atoms in total. The van der Waals surface area contributed by atoms with Gasteiger partial charge in [-0.1, -0.05) is 0 Å². The van der Waals surface area contributed by atoms with Crippen LogP contribution in [0.1, 0.15) is 16.8 Å². The van der Waals surface area contributed by atoms with Gasteiger partial charge in [0.05, 0.1) is 0 Å². The molecule has 1 aromatic heterocycles. The zero-order valence-electron chi connectivity index (χ0n) is 7.09. The van der Waals surface area contributed by atoms with E-state index in [1.165, 1.54) is 11.1 Å². The van der Waals surface area contributed by atoms with Crippen LogP contribution in [-0.4, -0.2) is 11.5 Å². The third-order valence-electron chi connectivity index (χ3n) is 1.98. The highest BCUT2D eigenvalue weighted by Gasteiger charge is 1.98. The Morgan fingerprint density at radius 3 is 2.82 bits per heavy atom. The summed E-state index contributed by atoms with van der Waals surface area (Å²) in [7, 11) is 0. The van der Waals surface area contributed by atoms with Crippen molar-refractivity contribution in [3.63, 3.8) is 0 Å². The van der Waals surface area contributed by atoms with Gasteiger partial charge in [0.15, 0.2) is 0 Å². The third-order valence-corrected chi connectivity index (χ3v) is 1.98. The van der Waals surface area contributed by atoms with Crippen molar-refractivity contribution < 1.29 is 0 Å². The van der Waals surface area contributed by atoms with Gasteiger partial charge >= 0.3 is 0 Å². The van der Waals surface area contributed by atoms with Gasteiger partial charge < -0.3 is 5.73 Å². The Labute approximate surface area is 67.5 Å². The molecule has 11 heavy (non-hydrogen) atoms. The van der Waals surface area contributed by atoms with E-state index >= 15 is 0 Å². The van der Waals surface area contributed by atoms with Gasteiger partial charge in [-0.25, -0.2) is 0 Å². The van der Waals surface area contributed by atoms with Gasteiger partial charge in [0.1, 0.15) is 0 Å². The predicted octanol–water partition coefficient (Wildman–Crippen LogP) is 1.20. The van der Waals surface area contributed by atoms with Crippen LogP contribution in [0.4, 0.5) is 0 Å². The van der Waals surface area contributed by atoms with Crippen LogP contribution in [0.5, 0.6) is 0 Å². The minimum Gasteiger partial charge on any atom is -0.330 e. The fraction of sp³-hybridized carbons (Fsp3) is 0.444. The van der Waals surface area contributed by atoms with Crippen LogP contribution in [-0.2, 0) is 6.42 Å². The monoisotopic (exact) mass is 150 g/mol. The quantitative estimate of drug-likeness (QED) is 0.688. The molecule has 0 aliphatic heterocycles. The Balaban J connectivity index is 2.96. The van der Waals surface area contributed by atoms with Crippen molar-refractivity contribution in [3.05, 3.63) is 29.1 Å². The van der Waals surface area contributed by atoms with Gasteiger partial charge in [0.25, 0.3) is 0 Å². The van der Waals surface area contributed by atoms with E-state index in [1.54, 1.807) is 0 Å². The average Bonchev–Trinajstić information content (AvgIpc) is 1.99. The lowest BCUT2D eigenvalue weighted by Crippen LogP contribution is -2.05. The molecule has 0 radical (unpaired) electrons. The van der Waals surface area contributed by atoms with Crippen LogP contribution in [0.3, 0.4) is 0 Å². The second kappa shape index (κ2) is 3.49. The molecule has 0 aliphatic rings. The number of hydrogen-bond acceptors (Lipinski definition) is 2. The summed E-state index contributed by atoms with van der Waals surface area (Å²) in [5.41, 5.74) is 9.16. The van der Waals surface area contributed by atoms with Crippen molar-refractivity contribution >= 4 is 0 Å². The molecule has 0 amide bonds. The zero-order chi connectivity index (χ0) is 8.27. The van der Waals surface area contributed by atoms with Gasteiger partial charge in [-0.3, -0.25) is 4.98 Å². The maximum Gasteiger partial charge on any atom is 0.0404 e. The van der Waals surface area contributed by atoms with Crippen molar-refractivity contribution in [2.24, 2.45) is 5.73 Å². The van der Waals surface area contributed by atoms with Crippen molar-refractivity contribution in [2.45, 2.75) is 20.3 Å². The number of aromatic nitrogens is 1. The minimum absolute atomic E-state index is 0.713. The fourth-order valence-electron chi connectivity index (χ4n) is 1.12. The number of rotatable bonds is 2. The first-order valence-corrected chi connectivity index (χ1v) is 3.87. The first-order valence-electron chi connectivity index (χ1n) is 3.87. The maximum absolute atomic E-state index is 5.46. The first-order chi connectivity index (χ1) is 5.25. The van der Waals surface area contributed by atoms with Gasteiger partial charge in [-0.05, 0) is 44.0 Å². The van der Waals surface area contributed by atoms with Crippen LogP contribution in [0.2, 0.25) is 0 Å². The molecule has 0 saturated carbocycles. The van der Waals surface area contributed by atoms with Gasteiger partial charge in [-0.2, -0.15) is 0 Å². The van der Waals surface area contributed by atoms with E-state index in [-0.39, 0.29) is 0 Å². The van der Waals surface area contributed by atoms with Gasteiger partial charge in [0, 0.05) is 11.9 Å². The number of nitrogens with two attached hydrogens (primary N) is 1. The lowest BCUT2D eigenvalue weighted by molar-refractivity contribution is 0.942. The Morgan fingerprint density at radius 2 is 2.18 bits per heavy atom. The van der Waals surface area contributed by atoms with Gasteiger partial charge in [0.2, 0.25) is 0 Å². The SMILES string of the molecule is Cc1nccc(CCN)c1C. The Morgan fingerprint density at radius 1 is 1.45 bits per heavy atom. The second-order valence-corrected chi connectivity index (χ2v) is 2.72. The molecule has 0 spiro atoms. The zero-order valence-corrected chi connectivity index (χ0v) is 7.09. The molecule has 0 fully saturated rings. The molecule has 2 heteroatoms. The highest BCUT2D eigenvalue weighted by Crippen LogP contribution is 2.09. The summed E-state index contributed by atoms with van der Waals surface area (Å²) in [6.45, 7) is 4.83. The Hall–Kier alpha value is -0.890. The van der Waals surface area contributed by atoms with Crippen molar-refractivity contribution in [3.8, 4) is 0 Å². The van der Waals surface area contributed by atoms with E-state index in [1.807, 2.05) is 19.2 Å². The highest BCUT2D eigenvalue weighted by atomic mass is 14.7. The predicted molar refractivity (Wildman–Crippen MR) is 46.5 cm³/mol. The number of aryl methyl sites for hydroxylation is 1. The van der Waals surface area contributed by atoms with Crippen LogP contribution in [0, 0.1) is 13.8 Å². The molecule has 0 unspecified atom stereocenters. The van der Waals surface area contributed by atoms with Crippen molar-refractivity contribution in [2.75, 3.05) is 6.54 Å². The summed E-state index contributed by atoms with van der Waals surface area (Å²) >= 11 is 0. The van der Waals surface area contributed by atoms with E-state index in [9.17, 15) is 0 Å². The fourth-order valence-corrected chi connectivity index (χ4v) is 1.12. The second-order valence-electron chi connectivity index (χ2n) is 2.72. The summed E-state index contributed by atoms with van der Waals surface area (Å²) in [6.07, 6.45) is 2.79. The van der Waals surface area contributed by atoms with Crippen molar-refractivity contribution in [1.29, 1.82) is 0 Å². The van der Waals surface area contributed by atoms with Crippen LogP contribution in [0.25, 0.3) is 0 Å². The molecule has 1 heterocycles. The third kappa shape index (κ3) is 1.77. The van der Waals surface area contributed by atoms with Crippen molar-refractivity contribution in [1.82, 2.24) is 4.98 Å². The van der Waals surface area contributed by atoms with E-state index in [4.69, 9.17) is 5.73 Å². The maximum atomic E-state index is 5.46. The van der Waals surface area contributed by atoms with Gasteiger partial charge in [-0.15, -0.1) is 0 Å². The molecule has 0 bridgehead atoms. The number of nitrogens with zero attached hydrogens (tertiary/aromatic N) is 1. The Kier molecular flexibility index (Phi) is 2.60. The molecule has 0 aliphatic carbocycles. The molecular weight excluding hydrogens is 136 g/mol. The van der Waals surface area contributed by atoms with E-state index < -0.39 is 0 Å². The molecule has 1 aromatic rings. The summed E-state index contributed by atoms with van der Waals surface area (Å²) in [6, 6.07) is 2.04. The summed E-state index contributed by atoms with van der Waals surface area (Å²) in [5, 5.41) is 0. The lowest BCUT2D eigenvalue weighted by Gasteiger charge is -2.04.